The van der Waals surface area contributed by atoms with Crippen molar-refractivity contribution in [1.82, 2.24) is 0 Å². The monoisotopic (exact) mass is 589 g/mol. The zero-order valence-electron chi connectivity index (χ0n) is 24.8. The summed E-state index contributed by atoms with van der Waals surface area (Å²) in [5.74, 6) is -7.44. The van der Waals surface area contributed by atoms with Gasteiger partial charge in [0.05, 0.1) is 23.6 Å². The lowest BCUT2D eigenvalue weighted by atomic mass is 9.61. The Morgan fingerprint density at radius 2 is 1.49 bits per heavy atom. The number of aryl methyl sites for hydroxylation is 4. The number of Topliss-reactive ketones (excluding diaryl/α,β-unsaturated/α-hetero) is 1. The van der Waals surface area contributed by atoms with E-state index in [0.29, 0.717) is 11.4 Å². The van der Waals surface area contributed by atoms with E-state index >= 15 is 0 Å². The topological polar surface area (TPSA) is 168 Å². The van der Waals surface area contributed by atoms with Gasteiger partial charge in [0.15, 0.2) is 5.75 Å². The van der Waals surface area contributed by atoms with Gasteiger partial charge >= 0.3 is 5.69 Å². The van der Waals surface area contributed by atoms with Crippen LogP contribution in [0.1, 0.15) is 47.1 Å². The Morgan fingerprint density at radius 3 is 1.98 bits per heavy atom. The third kappa shape index (κ3) is 6.21. The third-order valence-corrected chi connectivity index (χ3v) is 7.99. The molecule has 1 aliphatic rings. The fourth-order valence-electron chi connectivity index (χ4n) is 5.92. The van der Waals surface area contributed by atoms with E-state index in [0.717, 1.165) is 28.3 Å². The number of phenols is 1. The molecule has 0 aliphatic heterocycles. The molecule has 0 radical (unpaired) electrons. The van der Waals surface area contributed by atoms with Crippen molar-refractivity contribution in [1.29, 1.82) is 0 Å². The Labute approximate surface area is 249 Å². The average molecular weight is 590 g/mol. The van der Waals surface area contributed by atoms with Gasteiger partial charge in [-0.1, -0.05) is 35.4 Å². The summed E-state index contributed by atoms with van der Waals surface area (Å²) in [5, 5.41) is 39.5. The lowest BCUT2D eigenvalue weighted by Gasteiger charge is -2.44. The highest BCUT2D eigenvalue weighted by Crippen LogP contribution is 2.49. The van der Waals surface area contributed by atoms with Crippen LogP contribution in [-0.4, -0.2) is 45.4 Å². The molecule has 11 heteroatoms. The average Bonchev–Trinajstić information content (AvgIpc) is 2.90. The Bertz CT molecular complexity index is 1630. The van der Waals surface area contributed by atoms with Gasteiger partial charge in [-0.2, -0.15) is 0 Å². The molecular weight excluding hydrogens is 554 g/mol. The van der Waals surface area contributed by atoms with Crippen LogP contribution in [0.4, 0.5) is 17.1 Å². The van der Waals surface area contributed by atoms with Crippen molar-refractivity contribution >= 4 is 34.7 Å². The van der Waals surface area contributed by atoms with E-state index in [1.807, 2.05) is 26.0 Å². The molecule has 1 saturated carbocycles. The van der Waals surface area contributed by atoms with E-state index < -0.39 is 63.7 Å². The first-order chi connectivity index (χ1) is 20.1. The van der Waals surface area contributed by atoms with E-state index in [1.165, 1.54) is 20.1 Å². The molecule has 3 aromatic rings. The molecule has 0 spiro atoms. The molecule has 1 fully saturated rings. The molecule has 226 valence electrons. The molecular formula is C32H35N3O8. The summed E-state index contributed by atoms with van der Waals surface area (Å²) >= 11 is 0. The largest absolute Gasteiger partial charge is 0.500 e. The maximum atomic E-state index is 14.0. The van der Waals surface area contributed by atoms with Gasteiger partial charge in [0.25, 0.3) is 0 Å². The van der Waals surface area contributed by atoms with Crippen molar-refractivity contribution < 1.29 is 34.3 Å². The van der Waals surface area contributed by atoms with Crippen LogP contribution in [0.25, 0.3) is 0 Å². The predicted molar refractivity (Wildman–Crippen MR) is 160 cm³/mol. The van der Waals surface area contributed by atoms with Crippen LogP contribution in [0.15, 0.2) is 48.5 Å². The summed E-state index contributed by atoms with van der Waals surface area (Å²) in [4.78, 5) is 52.6. The van der Waals surface area contributed by atoms with Crippen LogP contribution in [0.5, 0.6) is 11.5 Å². The van der Waals surface area contributed by atoms with Gasteiger partial charge in [-0.25, -0.2) is 0 Å². The number of nitro benzene ring substituents is 1. The summed E-state index contributed by atoms with van der Waals surface area (Å²) in [6.45, 7) is 8.72. The number of anilines is 2. The van der Waals surface area contributed by atoms with Gasteiger partial charge in [-0.05, 0) is 69.5 Å². The number of aliphatic hydroxyl groups is 1. The zero-order chi connectivity index (χ0) is 31.8. The Kier molecular flexibility index (Phi) is 8.59. The number of hydrogen-bond acceptors (Lipinski definition) is 8. The molecule has 0 saturated heterocycles. The molecule has 2 amide bonds. The smallest absolute Gasteiger partial charge is 0.314 e. The molecule has 0 bridgehead atoms. The number of ether oxygens (including phenoxy) is 1. The normalized spacial score (nSPS) is 21.7. The summed E-state index contributed by atoms with van der Waals surface area (Å²) in [7, 11) is 1.19. The van der Waals surface area contributed by atoms with Crippen LogP contribution in [0.3, 0.4) is 0 Å². The lowest BCUT2D eigenvalue weighted by molar-refractivity contribution is -0.386. The predicted octanol–water partition coefficient (Wildman–Crippen LogP) is 4.86. The zero-order valence-corrected chi connectivity index (χ0v) is 24.8. The molecule has 0 aromatic heterocycles. The molecule has 4 unspecified atom stereocenters. The first-order valence-electron chi connectivity index (χ1n) is 13.7. The van der Waals surface area contributed by atoms with Crippen molar-refractivity contribution in [3.8, 4) is 11.5 Å². The number of ketones is 1. The summed E-state index contributed by atoms with van der Waals surface area (Å²) in [5.41, 5.74) is 1.65. The van der Waals surface area contributed by atoms with Crippen molar-refractivity contribution in [3.05, 3.63) is 86.5 Å². The molecule has 4 N–H and O–H groups in total. The van der Waals surface area contributed by atoms with Gasteiger partial charge in [0.2, 0.25) is 17.6 Å². The number of amides is 2. The number of benzene rings is 3. The minimum absolute atomic E-state index is 0.00349. The van der Waals surface area contributed by atoms with Crippen molar-refractivity contribution in [2.45, 2.75) is 52.6 Å². The number of rotatable bonds is 7. The van der Waals surface area contributed by atoms with Crippen LogP contribution < -0.4 is 15.4 Å². The second-order valence-corrected chi connectivity index (χ2v) is 11.4. The van der Waals surface area contributed by atoms with Gasteiger partial charge in [0.1, 0.15) is 11.7 Å². The molecule has 1 aliphatic carbocycles. The second-order valence-electron chi connectivity index (χ2n) is 11.4. The van der Waals surface area contributed by atoms with E-state index in [-0.39, 0.29) is 11.3 Å². The Hall–Kier alpha value is -4.77. The number of carbonyl (C=O) groups excluding carboxylic acids is 3. The minimum Gasteiger partial charge on any atom is -0.500 e. The highest BCUT2D eigenvalue weighted by atomic mass is 16.6. The molecule has 43 heavy (non-hydrogen) atoms. The first kappa shape index (κ1) is 31.2. The number of nitrogens with one attached hydrogen (secondary N) is 2. The highest BCUT2D eigenvalue weighted by molar-refractivity contribution is 6.10. The van der Waals surface area contributed by atoms with Gasteiger partial charge < -0.3 is 25.6 Å². The van der Waals surface area contributed by atoms with Crippen molar-refractivity contribution in [2.75, 3.05) is 17.7 Å². The van der Waals surface area contributed by atoms with E-state index in [2.05, 4.69) is 10.6 Å². The summed E-state index contributed by atoms with van der Waals surface area (Å²) in [6, 6.07) is 13.0. The fourth-order valence-corrected chi connectivity index (χ4v) is 5.92. The van der Waals surface area contributed by atoms with E-state index in [1.54, 1.807) is 38.1 Å². The summed E-state index contributed by atoms with van der Waals surface area (Å²) < 4.78 is 5.18. The third-order valence-electron chi connectivity index (χ3n) is 7.99. The van der Waals surface area contributed by atoms with E-state index in [4.69, 9.17) is 4.74 Å². The van der Waals surface area contributed by atoms with Gasteiger partial charge in [-0.15, -0.1) is 0 Å². The molecule has 4 rings (SSSR count). The number of carbonyl (C=O) groups is 3. The SMILES string of the molecule is COc1cc(C2C(C(=O)Nc3ccc(C)cc3C)C(=O)CC(C)(O)C2C(=O)Nc2ccc(C)cc2C)cc([N+](=O)[O-])c1O. The number of aromatic hydroxyl groups is 1. The maximum Gasteiger partial charge on any atom is 0.314 e. The number of hydrogen-bond donors (Lipinski definition) is 4. The van der Waals surface area contributed by atoms with Crippen LogP contribution in [-0.2, 0) is 14.4 Å². The molecule has 0 heterocycles. The van der Waals surface area contributed by atoms with Crippen molar-refractivity contribution in [3.63, 3.8) is 0 Å². The first-order valence-corrected chi connectivity index (χ1v) is 13.7. The minimum atomic E-state index is -1.94. The van der Waals surface area contributed by atoms with Crippen LogP contribution in [0, 0.1) is 49.6 Å². The Balaban J connectivity index is 1.90. The maximum absolute atomic E-state index is 14.0. The number of nitrogens with zero attached hydrogens (tertiary/aromatic N) is 1. The standard InChI is InChI=1S/C32H35N3O8/c1-16-7-9-21(18(3)11-16)33-30(38)27-24(36)15-32(5,40)28(31(39)34-22-10-8-17(2)12-19(22)4)26(27)20-13-23(35(41)42)29(37)25(14-20)43-6/h7-14,26-28,37,40H,15H2,1-6H3,(H,33,38)(H,34,39). The van der Waals surface area contributed by atoms with Gasteiger partial charge in [0, 0.05) is 29.8 Å². The van der Waals surface area contributed by atoms with Crippen LogP contribution in [0.2, 0.25) is 0 Å². The van der Waals surface area contributed by atoms with Gasteiger partial charge in [-0.3, -0.25) is 24.5 Å². The van der Waals surface area contributed by atoms with Crippen molar-refractivity contribution in [2.24, 2.45) is 11.8 Å². The summed E-state index contributed by atoms with van der Waals surface area (Å²) in [6.07, 6.45) is -0.517. The number of phenolic OH excluding ortho intramolecular Hbond substituents is 1. The quantitative estimate of drug-likeness (QED) is 0.172. The van der Waals surface area contributed by atoms with E-state index in [9.17, 15) is 34.7 Å². The Morgan fingerprint density at radius 1 is 0.953 bits per heavy atom. The lowest BCUT2D eigenvalue weighted by Crippen LogP contribution is -2.56. The molecule has 11 nitrogen and oxygen atoms in total. The molecule has 4 atom stereocenters. The number of nitro groups is 1. The highest BCUT2D eigenvalue weighted by Gasteiger charge is 2.56. The number of methoxy groups -OCH3 is 1. The second kappa shape index (κ2) is 11.8. The van der Waals surface area contributed by atoms with Crippen LogP contribution >= 0.6 is 0 Å². The fraction of sp³-hybridized carbons (Fsp3) is 0.344. The molecule has 3 aromatic carbocycles.